The minimum absolute atomic E-state index is 0.295. The van der Waals surface area contributed by atoms with Gasteiger partial charge in [0.25, 0.3) is 0 Å². The first-order valence-electron chi connectivity index (χ1n) is 8.61. The van der Waals surface area contributed by atoms with E-state index in [-0.39, 0.29) is 0 Å². The van der Waals surface area contributed by atoms with Crippen molar-refractivity contribution >= 4 is 5.97 Å². The number of nitrogens with zero attached hydrogens (tertiary/aromatic N) is 5. The molecular weight excluding hydrogens is 310 g/mol. The van der Waals surface area contributed by atoms with Crippen molar-refractivity contribution < 1.29 is 14.6 Å². The Morgan fingerprint density at radius 1 is 1.29 bits per heavy atom. The molecule has 0 amide bonds. The van der Waals surface area contributed by atoms with E-state index in [0.717, 1.165) is 44.4 Å². The second-order valence-electron chi connectivity index (χ2n) is 7.09. The molecule has 0 aromatic carbocycles. The van der Waals surface area contributed by atoms with Crippen LogP contribution in [0.15, 0.2) is 0 Å². The molecule has 134 valence electrons. The van der Waals surface area contributed by atoms with Gasteiger partial charge in [-0.1, -0.05) is 13.8 Å². The van der Waals surface area contributed by atoms with Crippen LogP contribution in [0.25, 0.3) is 0 Å². The molecule has 1 unspecified atom stereocenters. The molecule has 0 bridgehead atoms. The minimum Gasteiger partial charge on any atom is -0.480 e. The highest BCUT2D eigenvalue weighted by molar-refractivity contribution is 5.79. The number of ether oxygens (including phenoxy) is 1. The summed E-state index contributed by atoms with van der Waals surface area (Å²) in [6.07, 6.45) is 0.573. The lowest BCUT2D eigenvalue weighted by Gasteiger charge is -2.42. The zero-order chi connectivity index (χ0) is 17.3. The average molecular weight is 337 g/mol. The Labute approximate surface area is 142 Å². The topological polar surface area (TPSA) is 83.7 Å². The highest BCUT2D eigenvalue weighted by Gasteiger charge is 2.48. The van der Waals surface area contributed by atoms with E-state index in [0.29, 0.717) is 25.6 Å². The largest absolute Gasteiger partial charge is 0.480 e. The third-order valence-corrected chi connectivity index (χ3v) is 5.26. The molecule has 0 aliphatic carbocycles. The molecule has 8 nitrogen and oxygen atoms in total. The van der Waals surface area contributed by atoms with Crippen LogP contribution in [-0.2, 0) is 23.1 Å². The van der Waals surface area contributed by atoms with Gasteiger partial charge in [-0.2, -0.15) is 0 Å². The van der Waals surface area contributed by atoms with Gasteiger partial charge in [0, 0.05) is 52.2 Å². The Hall–Kier alpha value is -1.51. The monoisotopic (exact) mass is 337 g/mol. The van der Waals surface area contributed by atoms with Gasteiger partial charge in [0.05, 0.1) is 13.2 Å². The molecule has 3 rings (SSSR count). The van der Waals surface area contributed by atoms with Crippen molar-refractivity contribution in [1.82, 2.24) is 24.6 Å². The zero-order valence-electron chi connectivity index (χ0n) is 14.7. The van der Waals surface area contributed by atoms with Crippen molar-refractivity contribution in [3.63, 3.8) is 0 Å². The van der Waals surface area contributed by atoms with Crippen LogP contribution in [0, 0.1) is 0 Å². The molecule has 2 saturated heterocycles. The molecule has 8 heteroatoms. The SMILES string of the molecule is CC(C)c1nnc(CN2CCN(C3(C(=O)O)CCOC3)CC2)n1C. The number of hydrogen-bond donors (Lipinski definition) is 1. The lowest BCUT2D eigenvalue weighted by molar-refractivity contribution is -0.153. The number of aromatic nitrogens is 3. The van der Waals surface area contributed by atoms with Gasteiger partial charge in [-0.05, 0) is 0 Å². The summed E-state index contributed by atoms with van der Waals surface area (Å²) in [5.41, 5.74) is -0.832. The summed E-state index contributed by atoms with van der Waals surface area (Å²) in [7, 11) is 2.01. The van der Waals surface area contributed by atoms with Crippen LogP contribution in [-0.4, -0.2) is 80.6 Å². The van der Waals surface area contributed by atoms with Gasteiger partial charge >= 0.3 is 5.97 Å². The van der Waals surface area contributed by atoms with Crippen molar-refractivity contribution in [3.05, 3.63) is 11.6 Å². The Kier molecular flexibility index (Phi) is 4.89. The van der Waals surface area contributed by atoms with Gasteiger partial charge in [0.15, 0.2) is 0 Å². The Morgan fingerprint density at radius 2 is 2.00 bits per heavy atom. The maximum Gasteiger partial charge on any atom is 0.326 e. The van der Waals surface area contributed by atoms with Crippen LogP contribution < -0.4 is 0 Å². The molecule has 2 aliphatic rings. The van der Waals surface area contributed by atoms with E-state index in [1.807, 2.05) is 7.05 Å². The molecule has 2 aliphatic heterocycles. The summed E-state index contributed by atoms with van der Waals surface area (Å²) in [4.78, 5) is 16.1. The number of carbonyl (C=O) groups is 1. The van der Waals surface area contributed by atoms with Crippen LogP contribution in [0.2, 0.25) is 0 Å². The molecule has 1 aromatic rings. The van der Waals surface area contributed by atoms with E-state index in [1.165, 1.54) is 0 Å². The number of rotatable bonds is 5. The second kappa shape index (κ2) is 6.78. The fourth-order valence-corrected chi connectivity index (χ4v) is 3.66. The lowest BCUT2D eigenvalue weighted by Crippen LogP contribution is -2.61. The quantitative estimate of drug-likeness (QED) is 0.827. The Morgan fingerprint density at radius 3 is 2.50 bits per heavy atom. The summed E-state index contributed by atoms with van der Waals surface area (Å²) < 4.78 is 7.45. The van der Waals surface area contributed by atoms with E-state index in [9.17, 15) is 9.90 Å². The lowest BCUT2D eigenvalue weighted by atomic mass is 9.95. The molecule has 24 heavy (non-hydrogen) atoms. The Bertz CT molecular complexity index is 587. The molecule has 1 aromatic heterocycles. The van der Waals surface area contributed by atoms with Crippen LogP contribution >= 0.6 is 0 Å². The molecule has 0 spiro atoms. The van der Waals surface area contributed by atoms with Gasteiger partial charge in [0.2, 0.25) is 0 Å². The first-order valence-corrected chi connectivity index (χ1v) is 8.61. The summed E-state index contributed by atoms with van der Waals surface area (Å²) in [5.74, 6) is 1.55. The maximum atomic E-state index is 11.7. The number of carboxylic acids is 1. The smallest absolute Gasteiger partial charge is 0.326 e. The summed E-state index contributed by atoms with van der Waals surface area (Å²) in [6.45, 7) is 8.95. The number of carboxylic acid groups (broad SMARTS) is 1. The summed E-state index contributed by atoms with van der Waals surface area (Å²) in [5, 5.41) is 18.2. The van der Waals surface area contributed by atoms with Gasteiger partial charge in [-0.3, -0.25) is 14.6 Å². The predicted molar refractivity (Wildman–Crippen MR) is 87.7 cm³/mol. The molecule has 2 fully saturated rings. The Balaban J connectivity index is 1.60. The molecule has 1 N–H and O–H groups in total. The third kappa shape index (κ3) is 3.05. The normalized spacial score (nSPS) is 26.3. The van der Waals surface area contributed by atoms with Crippen molar-refractivity contribution in [2.75, 3.05) is 39.4 Å². The zero-order valence-corrected chi connectivity index (χ0v) is 14.7. The fraction of sp³-hybridized carbons (Fsp3) is 0.812. The van der Waals surface area contributed by atoms with Crippen molar-refractivity contribution in [2.24, 2.45) is 7.05 Å². The van der Waals surface area contributed by atoms with Gasteiger partial charge < -0.3 is 14.4 Å². The van der Waals surface area contributed by atoms with Gasteiger partial charge in [-0.15, -0.1) is 10.2 Å². The van der Waals surface area contributed by atoms with E-state index < -0.39 is 11.5 Å². The number of piperazine rings is 1. The number of hydrogen-bond acceptors (Lipinski definition) is 6. The first kappa shape index (κ1) is 17.3. The molecule has 0 radical (unpaired) electrons. The van der Waals surface area contributed by atoms with Crippen molar-refractivity contribution in [1.29, 1.82) is 0 Å². The number of aliphatic carboxylic acids is 1. The minimum atomic E-state index is -0.832. The van der Waals surface area contributed by atoms with Crippen LogP contribution in [0.3, 0.4) is 0 Å². The fourth-order valence-electron chi connectivity index (χ4n) is 3.66. The third-order valence-electron chi connectivity index (χ3n) is 5.26. The summed E-state index contributed by atoms with van der Waals surface area (Å²) in [6, 6.07) is 0. The van der Waals surface area contributed by atoms with E-state index in [4.69, 9.17) is 4.74 Å². The maximum absolute atomic E-state index is 11.7. The van der Waals surface area contributed by atoms with Gasteiger partial charge in [0.1, 0.15) is 17.2 Å². The van der Waals surface area contributed by atoms with E-state index >= 15 is 0 Å². The van der Waals surface area contributed by atoms with Crippen LogP contribution in [0.5, 0.6) is 0 Å². The van der Waals surface area contributed by atoms with Crippen molar-refractivity contribution in [3.8, 4) is 0 Å². The molecular formula is C16H27N5O3. The predicted octanol–water partition coefficient (Wildman–Crippen LogP) is 0.300. The molecule has 1 atom stereocenters. The molecule has 0 saturated carbocycles. The van der Waals surface area contributed by atoms with E-state index in [2.05, 4.69) is 38.4 Å². The van der Waals surface area contributed by atoms with Gasteiger partial charge in [-0.25, -0.2) is 0 Å². The second-order valence-corrected chi connectivity index (χ2v) is 7.09. The van der Waals surface area contributed by atoms with Crippen LogP contribution in [0.1, 0.15) is 37.8 Å². The van der Waals surface area contributed by atoms with E-state index in [1.54, 1.807) is 0 Å². The average Bonchev–Trinajstić information content (AvgIpc) is 3.17. The molecule has 3 heterocycles. The van der Waals surface area contributed by atoms with Crippen molar-refractivity contribution in [2.45, 2.75) is 38.3 Å². The first-order chi connectivity index (χ1) is 11.4. The van der Waals surface area contributed by atoms with Crippen LogP contribution in [0.4, 0.5) is 0 Å². The highest BCUT2D eigenvalue weighted by Crippen LogP contribution is 2.28. The highest BCUT2D eigenvalue weighted by atomic mass is 16.5. The standard InChI is InChI=1S/C16H27N5O3/c1-12(2)14-18-17-13(19(14)3)10-20-5-7-21(8-6-20)16(15(22)23)4-9-24-11-16/h12H,4-11H2,1-3H3,(H,22,23). The summed E-state index contributed by atoms with van der Waals surface area (Å²) >= 11 is 0.